The van der Waals surface area contributed by atoms with E-state index in [1.807, 2.05) is 24.3 Å². The maximum absolute atomic E-state index is 5.94. The van der Waals surface area contributed by atoms with Crippen molar-refractivity contribution in [1.82, 2.24) is 4.98 Å². The van der Waals surface area contributed by atoms with Gasteiger partial charge in [0.1, 0.15) is 5.52 Å². The highest BCUT2D eigenvalue weighted by Gasteiger charge is 2.39. The number of rotatable bonds is 1. The largest absolute Gasteiger partial charge is 0.423 e. The molecule has 94 valence electrons. The quantitative estimate of drug-likeness (QED) is 0.818. The molecule has 3 heterocycles. The molecule has 2 unspecified atom stereocenters. The first-order valence-corrected chi connectivity index (χ1v) is 6.87. The number of benzene rings is 1. The Labute approximate surface area is 106 Å². The molecule has 4 nitrogen and oxygen atoms in total. The highest BCUT2D eigenvalue weighted by Crippen LogP contribution is 2.33. The van der Waals surface area contributed by atoms with Gasteiger partial charge in [0.2, 0.25) is 0 Å². The minimum absolute atomic E-state index is 0.602. The highest BCUT2D eigenvalue weighted by atomic mass is 16.4. The van der Waals surface area contributed by atoms with Crippen molar-refractivity contribution in [3.8, 4) is 0 Å². The number of nitrogens with two attached hydrogens (primary N) is 1. The zero-order chi connectivity index (χ0) is 11.9. The normalized spacial score (nSPS) is 27.7. The average Bonchev–Trinajstić information content (AvgIpc) is 2.88. The minimum atomic E-state index is 0.602. The molecular weight excluding hydrogens is 226 g/mol. The zero-order valence-corrected chi connectivity index (χ0v) is 10.4. The van der Waals surface area contributed by atoms with E-state index in [4.69, 9.17) is 4.42 Å². The van der Waals surface area contributed by atoms with Gasteiger partial charge in [0.15, 0.2) is 5.58 Å². The topological polar surface area (TPSA) is 45.9 Å². The fourth-order valence-electron chi connectivity index (χ4n) is 3.38. The van der Waals surface area contributed by atoms with Crippen molar-refractivity contribution in [3.05, 3.63) is 24.3 Å². The third-order valence-corrected chi connectivity index (χ3v) is 4.27. The van der Waals surface area contributed by atoms with E-state index in [-0.39, 0.29) is 0 Å². The molecule has 2 aromatic rings. The van der Waals surface area contributed by atoms with E-state index in [1.165, 1.54) is 32.4 Å². The molecule has 0 aliphatic carbocycles. The molecule has 4 rings (SSSR count). The molecule has 2 bridgehead atoms. The number of nitrogens with zero attached hydrogens (tertiary/aromatic N) is 2. The fourth-order valence-corrected chi connectivity index (χ4v) is 3.38. The predicted octanol–water partition coefficient (Wildman–Crippen LogP) is 1.13. The molecule has 2 saturated heterocycles. The number of quaternary nitrogens is 1. The van der Waals surface area contributed by atoms with E-state index >= 15 is 0 Å². The Morgan fingerprint density at radius 1 is 1.17 bits per heavy atom. The molecule has 2 aliphatic heterocycles. The van der Waals surface area contributed by atoms with Crippen molar-refractivity contribution in [2.75, 3.05) is 18.0 Å². The van der Waals surface area contributed by atoms with Crippen LogP contribution in [-0.4, -0.2) is 30.2 Å². The number of aromatic nitrogens is 1. The first kappa shape index (κ1) is 10.4. The van der Waals surface area contributed by atoms with E-state index in [0.717, 1.165) is 17.1 Å². The predicted molar refractivity (Wildman–Crippen MR) is 69.6 cm³/mol. The van der Waals surface area contributed by atoms with Crippen LogP contribution >= 0.6 is 0 Å². The number of hydrogen-bond acceptors (Lipinski definition) is 3. The number of anilines is 1. The summed E-state index contributed by atoms with van der Waals surface area (Å²) in [6.07, 6.45) is 3.81. The lowest BCUT2D eigenvalue weighted by molar-refractivity contribution is -0.655. The Bertz CT molecular complexity index is 518. The molecule has 18 heavy (non-hydrogen) atoms. The lowest BCUT2D eigenvalue weighted by Crippen LogP contribution is -2.86. The lowest BCUT2D eigenvalue weighted by Gasteiger charge is -2.24. The van der Waals surface area contributed by atoms with Gasteiger partial charge < -0.3 is 14.6 Å². The Morgan fingerprint density at radius 3 is 3.00 bits per heavy atom. The lowest BCUT2D eigenvalue weighted by atomic mass is 10.1. The van der Waals surface area contributed by atoms with Gasteiger partial charge in [-0.15, -0.1) is 0 Å². The standard InChI is InChI=1S/C14H17N3O/c1-2-4-13-12(3-1)16-14(18-13)17-10-5-6-11(17)9-15-8-7-10/h1-4,10-11,15H,5-9H2/p+1. The summed E-state index contributed by atoms with van der Waals surface area (Å²) >= 11 is 0. The molecule has 2 N–H and O–H groups in total. The number of hydrogen-bond donors (Lipinski definition) is 1. The first-order chi connectivity index (χ1) is 8.92. The Hall–Kier alpha value is -1.55. The van der Waals surface area contributed by atoms with Crippen LogP contribution in [0.4, 0.5) is 6.01 Å². The van der Waals surface area contributed by atoms with E-state index in [0.29, 0.717) is 12.1 Å². The van der Waals surface area contributed by atoms with Crippen molar-refractivity contribution in [2.45, 2.75) is 31.3 Å². The number of oxazole rings is 1. The van der Waals surface area contributed by atoms with Gasteiger partial charge in [0, 0.05) is 12.5 Å². The molecular formula is C14H18N3O+. The molecule has 2 fully saturated rings. The van der Waals surface area contributed by atoms with Crippen LogP contribution in [0.2, 0.25) is 0 Å². The van der Waals surface area contributed by atoms with Crippen LogP contribution in [-0.2, 0) is 0 Å². The van der Waals surface area contributed by atoms with E-state index in [1.54, 1.807) is 0 Å². The van der Waals surface area contributed by atoms with Gasteiger partial charge in [-0.2, -0.15) is 4.98 Å². The second-order valence-corrected chi connectivity index (χ2v) is 5.36. The van der Waals surface area contributed by atoms with E-state index in [2.05, 4.69) is 15.2 Å². The van der Waals surface area contributed by atoms with Crippen LogP contribution in [0, 0.1) is 0 Å². The summed E-state index contributed by atoms with van der Waals surface area (Å²) in [5, 5.41) is 2.43. The number of fused-ring (bicyclic) bond motifs is 3. The summed E-state index contributed by atoms with van der Waals surface area (Å²) in [5.74, 6) is 0. The monoisotopic (exact) mass is 244 g/mol. The van der Waals surface area contributed by atoms with Gasteiger partial charge in [-0.05, 0) is 25.0 Å². The van der Waals surface area contributed by atoms with Crippen molar-refractivity contribution < 1.29 is 9.73 Å². The third kappa shape index (κ3) is 1.52. The smallest absolute Gasteiger partial charge is 0.299 e. The molecule has 0 amide bonds. The van der Waals surface area contributed by atoms with Crippen LogP contribution in [0.3, 0.4) is 0 Å². The Kier molecular flexibility index (Phi) is 2.30. The average molecular weight is 244 g/mol. The Balaban J connectivity index is 1.77. The van der Waals surface area contributed by atoms with E-state index in [9.17, 15) is 0 Å². The van der Waals surface area contributed by atoms with Crippen molar-refractivity contribution in [3.63, 3.8) is 0 Å². The Morgan fingerprint density at radius 2 is 2.06 bits per heavy atom. The molecule has 1 aromatic heterocycles. The highest BCUT2D eigenvalue weighted by molar-refractivity contribution is 5.74. The van der Waals surface area contributed by atoms with Gasteiger partial charge >= 0.3 is 0 Å². The van der Waals surface area contributed by atoms with Gasteiger partial charge in [-0.1, -0.05) is 12.1 Å². The molecule has 2 atom stereocenters. The summed E-state index contributed by atoms with van der Waals surface area (Å²) in [5.41, 5.74) is 1.88. The van der Waals surface area contributed by atoms with Gasteiger partial charge in [0.05, 0.1) is 19.1 Å². The van der Waals surface area contributed by atoms with Gasteiger partial charge in [-0.3, -0.25) is 0 Å². The van der Waals surface area contributed by atoms with Crippen molar-refractivity contribution in [1.29, 1.82) is 0 Å². The molecule has 0 saturated carbocycles. The SMILES string of the molecule is c1ccc2oc(N3C4CC[NH2+]CC3CC4)nc2c1. The van der Waals surface area contributed by atoms with Crippen LogP contribution in [0.1, 0.15) is 19.3 Å². The molecule has 0 radical (unpaired) electrons. The summed E-state index contributed by atoms with van der Waals surface area (Å²) in [6.45, 7) is 2.41. The van der Waals surface area contributed by atoms with Crippen molar-refractivity contribution in [2.24, 2.45) is 0 Å². The second kappa shape index (κ2) is 3.99. The number of para-hydroxylation sites is 2. The maximum Gasteiger partial charge on any atom is 0.299 e. The van der Waals surface area contributed by atoms with E-state index < -0.39 is 0 Å². The summed E-state index contributed by atoms with van der Waals surface area (Å²) in [7, 11) is 0. The molecule has 2 aliphatic rings. The minimum Gasteiger partial charge on any atom is -0.423 e. The van der Waals surface area contributed by atoms with Crippen molar-refractivity contribution >= 4 is 17.1 Å². The summed E-state index contributed by atoms with van der Waals surface area (Å²) < 4.78 is 5.94. The first-order valence-electron chi connectivity index (χ1n) is 6.87. The zero-order valence-electron chi connectivity index (χ0n) is 10.4. The fraction of sp³-hybridized carbons (Fsp3) is 0.500. The van der Waals surface area contributed by atoms with Gasteiger partial charge in [-0.25, -0.2) is 0 Å². The molecule has 0 spiro atoms. The van der Waals surface area contributed by atoms with Crippen LogP contribution in [0.25, 0.3) is 11.1 Å². The summed E-state index contributed by atoms with van der Waals surface area (Å²) in [6, 6.07) is 10.1. The molecule has 1 aromatic carbocycles. The van der Waals surface area contributed by atoms with Crippen LogP contribution in [0.15, 0.2) is 28.7 Å². The second-order valence-electron chi connectivity index (χ2n) is 5.36. The van der Waals surface area contributed by atoms with Gasteiger partial charge in [0.25, 0.3) is 6.01 Å². The van der Waals surface area contributed by atoms with Crippen LogP contribution in [0.5, 0.6) is 0 Å². The molecule has 4 heteroatoms. The third-order valence-electron chi connectivity index (χ3n) is 4.27. The summed E-state index contributed by atoms with van der Waals surface area (Å²) in [4.78, 5) is 7.10. The van der Waals surface area contributed by atoms with Crippen LogP contribution < -0.4 is 10.2 Å². The maximum atomic E-state index is 5.94.